The molecule has 0 N–H and O–H groups in total. The Kier molecular flexibility index (Phi) is 3.75. The van der Waals surface area contributed by atoms with Crippen LogP contribution in [0.3, 0.4) is 0 Å². The molecule has 0 aliphatic heterocycles. The SMILES string of the molecule is COC/C=C/c1ncccc1[N+](=O)[O-]. The van der Waals surface area contributed by atoms with Crippen LogP contribution in [-0.2, 0) is 4.74 Å². The highest BCUT2D eigenvalue weighted by molar-refractivity contribution is 5.56. The van der Waals surface area contributed by atoms with E-state index in [0.29, 0.717) is 12.3 Å². The normalized spacial score (nSPS) is 10.6. The van der Waals surface area contributed by atoms with Gasteiger partial charge in [-0.05, 0) is 12.1 Å². The van der Waals surface area contributed by atoms with Crippen LogP contribution < -0.4 is 0 Å². The van der Waals surface area contributed by atoms with Crippen molar-refractivity contribution < 1.29 is 9.66 Å². The van der Waals surface area contributed by atoms with Crippen molar-refractivity contribution in [1.82, 2.24) is 4.98 Å². The Morgan fingerprint density at radius 1 is 1.71 bits per heavy atom. The maximum atomic E-state index is 10.6. The van der Waals surface area contributed by atoms with Crippen LogP contribution >= 0.6 is 0 Å². The summed E-state index contributed by atoms with van der Waals surface area (Å²) in [4.78, 5) is 14.0. The van der Waals surface area contributed by atoms with Crippen molar-refractivity contribution in [3.8, 4) is 0 Å². The predicted molar refractivity (Wildman–Crippen MR) is 51.8 cm³/mol. The van der Waals surface area contributed by atoms with Crippen LogP contribution in [0, 0.1) is 10.1 Å². The largest absolute Gasteiger partial charge is 0.381 e. The summed E-state index contributed by atoms with van der Waals surface area (Å²) in [5.41, 5.74) is 0.342. The van der Waals surface area contributed by atoms with E-state index in [1.165, 1.54) is 18.3 Å². The molecule has 5 heteroatoms. The third-order valence-corrected chi connectivity index (χ3v) is 1.55. The minimum absolute atomic E-state index is 0.000136. The first kappa shape index (κ1) is 10.3. The van der Waals surface area contributed by atoms with E-state index in [1.54, 1.807) is 19.3 Å². The molecule has 1 rings (SSSR count). The summed E-state index contributed by atoms with van der Waals surface area (Å²) < 4.78 is 4.78. The van der Waals surface area contributed by atoms with E-state index >= 15 is 0 Å². The van der Waals surface area contributed by atoms with E-state index in [9.17, 15) is 10.1 Å². The third-order valence-electron chi connectivity index (χ3n) is 1.55. The van der Waals surface area contributed by atoms with E-state index in [1.807, 2.05) is 0 Å². The lowest BCUT2D eigenvalue weighted by atomic mass is 10.3. The van der Waals surface area contributed by atoms with Gasteiger partial charge in [-0.25, -0.2) is 4.98 Å². The number of pyridine rings is 1. The molecule has 0 unspecified atom stereocenters. The average molecular weight is 194 g/mol. The molecular formula is C9H10N2O3. The minimum atomic E-state index is -0.459. The molecule has 0 radical (unpaired) electrons. The second-order valence-corrected chi connectivity index (χ2v) is 2.52. The first-order valence-electron chi connectivity index (χ1n) is 4.00. The first-order chi connectivity index (χ1) is 6.75. The summed E-state index contributed by atoms with van der Waals surface area (Å²) in [6, 6.07) is 2.95. The Labute approximate surface area is 81.2 Å². The van der Waals surface area contributed by atoms with Crippen molar-refractivity contribution in [1.29, 1.82) is 0 Å². The molecule has 0 saturated heterocycles. The summed E-state index contributed by atoms with van der Waals surface area (Å²) >= 11 is 0. The number of hydrogen-bond donors (Lipinski definition) is 0. The van der Waals surface area contributed by atoms with Gasteiger partial charge < -0.3 is 4.74 Å². The molecule has 0 aromatic carbocycles. The van der Waals surface area contributed by atoms with Gasteiger partial charge in [0.25, 0.3) is 5.69 Å². The lowest BCUT2D eigenvalue weighted by Gasteiger charge is -1.95. The molecular weight excluding hydrogens is 184 g/mol. The molecule has 14 heavy (non-hydrogen) atoms. The van der Waals surface area contributed by atoms with Crippen LogP contribution in [0.2, 0.25) is 0 Å². The molecule has 0 fully saturated rings. The molecule has 1 aromatic heterocycles. The van der Waals surface area contributed by atoms with Gasteiger partial charge in [-0.1, -0.05) is 6.08 Å². The highest BCUT2D eigenvalue weighted by Crippen LogP contribution is 2.15. The standard InChI is InChI=1S/C9H10N2O3/c1-14-7-3-4-8-9(11(12)13)5-2-6-10-8/h2-6H,7H2,1H3/b4-3+. The molecule has 74 valence electrons. The molecule has 0 amide bonds. The zero-order valence-corrected chi connectivity index (χ0v) is 7.71. The highest BCUT2D eigenvalue weighted by atomic mass is 16.6. The molecule has 0 atom stereocenters. The van der Waals surface area contributed by atoms with Crippen molar-refractivity contribution in [3.05, 3.63) is 40.2 Å². The van der Waals surface area contributed by atoms with E-state index in [4.69, 9.17) is 4.74 Å². The summed E-state index contributed by atoms with van der Waals surface area (Å²) in [7, 11) is 1.55. The molecule has 1 aromatic rings. The summed E-state index contributed by atoms with van der Waals surface area (Å²) in [6.07, 6.45) is 4.76. The number of nitro groups is 1. The fourth-order valence-corrected chi connectivity index (χ4v) is 0.948. The molecule has 0 aliphatic carbocycles. The zero-order valence-electron chi connectivity index (χ0n) is 7.71. The number of nitrogens with zero attached hydrogens (tertiary/aromatic N) is 2. The molecule has 0 spiro atoms. The van der Waals surface area contributed by atoms with Crippen molar-refractivity contribution in [3.63, 3.8) is 0 Å². The molecule has 0 aliphatic rings. The predicted octanol–water partition coefficient (Wildman–Crippen LogP) is 1.65. The zero-order chi connectivity index (χ0) is 10.4. The fourth-order valence-electron chi connectivity index (χ4n) is 0.948. The number of aromatic nitrogens is 1. The van der Waals surface area contributed by atoms with Gasteiger partial charge in [0.1, 0.15) is 5.69 Å². The summed E-state index contributed by atoms with van der Waals surface area (Å²) in [5, 5.41) is 10.6. The quantitative estimate of drug-likeness (QED) is 0.540. The van der Waals surface area contributed by atoms with E-state index in [2.05, 4.69) is 4.98 Å². The topological polar surface area (TPSA) is 65.3 Å². The van der Waals surface area contributed by atoms with E-state index in [0.717, 1.165) is 0 Å². The van der Waals surface area contributed by atoms with Crippen LogP contribution in [0.1, 0.15) is 5.69 Å². The monoisotopic (exact) mass is 194 g/mol. The second-order valence-electron chi connectivity index (χ2n) is 2.52. The van der Waals surface area contributed by atoms with Gasteiger partial charge in [-0.15, -0.1) is 0 Å². The van der Waals surface area contributed by atoms with Crippen LogP contribution in [-0.4, -0.2) is 23.6 Å². The number of hydrogen-bond acceptors (Lipinski definition) is 4. The maximum absolute atomic E-state index is 10.6. The Bertz CT molecular complexity index is 350. The highest BCUT2D eigenvalue weighted by Gasteiger charge is 2.10. The van der Waals surface area contributed by atoms with Gasteiger partial charge in [0, 0.05) is 19.4 Å². The molecule has 1 heterocycles. The Hall–Kier alpha value is -1.75. The van der Waals surface area contributed by atoms with Crippen LogP contribution in [0.4, 0.5) is 5.69 Å². The van der Waals surface area contributed by atoms with Gasteiger partial charge in [0.2, 0.25) is 0 Å². The van der Waals surface area contributed by atoms with Crippen molar-refractivity contribution in [2.75, 3.05) is 13.7 Å². The van der Waals surface area contributed by atoms with E-state index < -0.39 is 4.92 Å². The lowest BCUT2D eigenvalue weighted by Crippen LogP contribution is -1.93. The minimum Gasteiger partial charge on any atom is -0.381 e. The van der Waals surface area contributed by atoms with Gasteiger partial charge in [0.05, 0.1) is 11.5 Å². The fraction of sp³-hybridized carbons (Fsp3) is 0.222. The van der Waals surface area contributed by atoms with Crippen molar-refractivity contribution >= 4 is 11.8 Å². The maximum Gasteiger partial charge on any atom is 0.294 e. The van der Waals surface area contributed by atoms with Crippen molar-refractivity contribution in [2.45, 2.75) is 0 Å². The van der Waals surface area contributed by atoms with Crippen LogP contribution in [0.25, 0.3) is 6.08 Å². The van der Waals surface area contributed by atoms with Gasteiger partial charge >= 0.3 is 0 Å². The summed E-state index contributed by atoms with van der Waals surface area (Å²) in [6.45, 7) is 0.410. The van der Waals surface area contributed by atoms with Gasteiger partial charge in [-0.3, -0.25) is 10.1 Å². The number of ether oxygens (including phenoxy) is 1. The average Bonchev–Trinajstić information content (AvgIpc) is 2.19. The molecule has 0 saturated carbocycles. The van der Waals surface area contributed by atoms with Gasteiger partial charge in [-0.2, -0.15) is 0 Å². The first-order valence-corrected chi connectivity index (χ1v) is 4.00. The number of methoxy groups -OCH3 is 1. The number of rotatable bonds is 4. The molecule has 0 bridgehead atoms. The Balaban J connectivity index is 2.90. The lowest BCUT2D eigenvalue weighted by molar-refractivity contribution is -0.385. The van der Waals surface area contributed by atoms with Crippen LogP contribution in [0.5, 0.6) is 0 Å². The van der Waals surface area contributed by atoms with E-state index in [-0.39, 0.29) is 5.69 Å². The summed E-state index contributed by atoms with van der Waals surface area (Å²) in [5.74, 6) is 0. The van der Waals surface area contributed by atoms with Crippen molar-refractivity contribution in [2.24, 2.45) is 0 Å². The smallest absolute Gasteiger partial charge is 0.294 e. The Morgan fingerprint density at radius 2 is 2.50 bits per heavy atom. The third kappa shape index (κ3) is 2.63. The van der Waals surface area contributed by atoms with Crippen LogP contribution in [0.15, 0.2) is 24.4 Å². The van der Waals surface area contributed by atoms with Gasteiger partial charge in [0.15, 0.2) is 0 Å². The second kappa shape index (κ2) is 5.08. The molecule has 5 nitrogen and oxygen atoms in total. The Morgan fingerprint density at radius 3 is 3.14 bits per heavy atom.